The molecule has 0 saturated carbocycles. The van der Waals surface area contributed by atoms with Gasteiger partial charge in [-0.3, -0.25) is 4.79 Å². The molecule has 0 aromatic heterocycles. The normalized spacial score (nSPS) is 10.2. The first-order valence-corrected chi connectivity index (χ1v) is 7.37. The number of rotatable bonds is 3. The lowest BCUT2D eigenvalue weighted by Crippen LogP contribution is -2.25. The van der Waals surface area contributed by atoms with E-state index in [9.17, 15) is 9.59 Å². The fraction of sp³-hybridized carbons (Fsp3) is 0.222. The van der Waals surface area contributed by atoms with Gasteiger partial charge >= 0.3 is 11.9 Å². The van der Waals surface area contributed by atoms with Gasteiger partial charge in [-0.25, -0.2) is 4.79 Å². The minimum Gasteiger partial charge on any atom is -0.459 e. The predicted octanol–water partition coefficient (Wildman–Crippen LogP) is 3.05. The van der Waals surface area contributed by atoms with Crippen molar-refractivity contribution in [3.63, 3.8) is 0 Å². The quantitative estimate of drug-likeness (QED) is 0.518. The number of nitrogens with two attached hydrogens (primary N) is 1. The van der Waals surface area contributed by atoms with Crippen molar-refractivity contribution < 1.29 is 14.3 Å². The van der Waals surface area contributed by atoms with E-state index in [2.05, 4.69) is 10.1 Å². The van der Waals surface area contributed by atoms with E-state index in [1.54, 1.807) is 13.0 Å². The van der Waals surface area contributed by atoms with Gasteiger partial charge < -0.3 is 15.8 Å². The first kappa shape index (κ1) is 16.5. The number of carbonyl (C=O) groups is 2. The first-order valence-electron chi connectivity index (χ1n) is 7.37. The van der Waals surface area contributed by atoms with Gasteiger partial charge in [-0.15, -0.1) is 0 Å². The maximum atomic E-state index is 11.7. The van der Waals surface area contributed by atoms with Crippen molar-refractivity contribution >= 4 is 23.3 Å². The molecule has 3 N–H and O–H groups in total. The molecule has 0 aliphatic rings. The molecule has 0 unspecified atom stereocenters. The van der Waals surface area contributed by atoms with E-state index in [-0.39, 0.29) is 6.61 Å². The van der Waals surface area contributed by atoms with Crippen LogP contribution in [0.25, 0.3) is 11.1 Å². The summed E-state index contributed by atoms with van der Waals surface area (Å²) >= 11 is 0. The number of esters is 1. The van der Waals surface area contributed by atoms with Crippen molar-refractivity contribution in [1.82, 2.24) is 0 Å². The van der Waals surface area contributed by atoms with Crippen molar-refractivity contribution in [3.05, 3.63) is 47.5 Å². The fourth-order valence-corrected chi connectivity index (χ4v) is 2.21. The topological polar surface area (TPSA) is 81.4 Å². The number of carbonyl (C=O) groups excluding carboxylic acids is 2. The van der Waals surface area contributed by atoms with Crippen LogP contribution in [0.4, 0.5) is 11.4 Å². The third-order valence-electron chi connectivity index (χ3n) is 3.54. The zero-order chi connectivity index (χ0) is 17.0. The molecule has 0 radical (unpaired) electrons. The third-order valence-corrected chi connectivity index (χ3v) is 3.54. The second-order valence-electron chi connectivity index (χ2n) is 5.28. The van der Waals surface area contributed by atoms with Crippen LogP contribution in [0.2, 0.25) is 0 Å². The molecule has 0 heterocycles. The Kier molecular flexibility index (Phi) is 5.01. The Morgan fingerprint density at radius 2 is 1.65 bits per heavy atom. The molecule has 23 heavy (non-hydrogen) atoms. The summed E-state index contributed by atoms with van der Waals surface area (Å²) < 4.78 is 4.67. The second-order valence-corrected chi connectivity index (χ2v) is 5.28. The molecule has 5 heteroatoms. The average Bonchev–Trinajstić information content (AvgIpc) is 2.52. The molecule has 0 aliphatic heterocycles. The minimum absolute atomic E-state index is 0.167. The standard InChI is InChI=1S/C18H20N2O3/c1-4-23-18(22)17(21)20-16-8-6-14(10-12(16)3)13-5-7-15(19)11(2)9-13/h5-10H,4,19H2,1-3H3,(H,20,21). The maximum absolute atomic E-state index is 11.7. The zero-order valence-corrected chi connectivity index (χ0v) is 13.5. The highest BCUT2D eigenvalue weighted by Gasteiger charge is 2.15. The molecular weight excluding hydrogens is 292 g/mol. The van der Waals surface area contributed by atoms with Gasteiger partial charge in [0.1, 0.15) is 0 Å². The van der Waals surface area contributed by atoms with Crippen LogP contribution in [0, 0.1) is 13.8 Å². The molecule has 2 rings (SSSR count). The number of nitrogens with one attached hydrogen (secondary N) is 1. The average molecular weight is 312 g/mol. The SMILES string of the molecule is CCOC(=O)C(=O)Nc1ccc(-c2ccc(N)c(C)c2)cc1C. The Bertz CT molecular complexity index is 754. The van der Waals surface area contributed by atoms with Gasteiger partial charge in [-0.05, 0) is 67.3 Å². The highest BCUT2D eigenvalue weighted by molar-refractivity contribution is 6.37. The van der Waals surface area contributed by atoms with Crippen LogP contribution in [0.5, 0.6) is 0 Å². The monoisotopic (exact) mass is 312 g/mol. The molecule has 2 aromatic rings. The Hall–Kier alpha value is -2.82. The van der Waals surface area contributed by atoms with E-state index in [1.807, 2.05) is 44.2 Å². The first-order chi connectivity index (χ1) is 10.9. The van der Waals surface area contributed by atoms with Crippen molar-refractivity contribution in [2.75, 3.05) is 17.7 Å². The summed E-state index contributed by atoms with van der Waals surface area (Å²) in [6, 6.07) is 11.4. The molecular formula is C18H20N2O3. The highest BCUT2D eigenvalue weighted by atomic mass is 16.5. The summed E-state index contributed by atoms with van der Waals surface area (Å²) in [6.07, 6.45) is 0. The zero-order valence-electron chi connectivity index (χ0n) is 13.5. The van der Waals surface area contributed by atoms with Crippen LogP contribution in [-0.4, -0.2) is 18.5 Å². The number of hydrogen-bond acceptors (Lipinski definition) is 4. The number of hydrogen-bond donors (Lipinski definition) is 2. The number of ether oxygens (including phenoxy) is 1. The Morgan fingerprint density at radius 1 is 1.04 bits per heavy atom. The maximum Gasteiger partial charge on any atom is 0.397 e. The number of aryl methyl sites for hydroxylation is 2. The molecule has 5 nitrogen and oxygen atoms in total. The van der Waals surface area contributed by atoms with Crippen LogP contribution < -0.4 is 11.1 Å². The molecule has 0 fully saturated rings. The number of amides is 1. The van der Waals surface area contributed by atoms with Crippen molar-refractivity contribution in [1.29, 1.82) is 0 Å². The van der Waals surface area contributed by atoms with Gasteiger partial charge in [0.15, 0.2) is 0 Å². The summed E-state index contributed by atoms with van der Waals surface area (Å²) in [5.74, 6) is -1.66. The van der Waals surface area contributed by atoms with Gasteiger partial charge in [-0.1, -0.05) is 12.1 Å². The van der Waals surface area contributed by atoms with Crippen molar-refractivity contribution in [2.24, 2.45) is 0 Å². The van der Waals surface area contributed by atoms with Gasteiger partial charge in [0, 0.05) is 11.4 Å². The fourth-order valence-electron chi connectivity index (χ4n) is 2.21. The lowest BCUT2D eigenvalue weighted by molar-refractivity contribution is -0.152. The smallest absolute Gasteiger partial charge is 0.397 e. The molecule has 0 aliphatic carbocycles. The minimum atomic E-state index is -0.884. The Labute approximate surface area is 135 Å². The molecule has 120 valence electrons. The molecule has 1 amide bonds. The van der Waals surface area contributed by atoms with Crippen LogP contribution in [0.3, 0.4) is 0 Å². The predicted molar refractivity (Wildman–Crippen MR) is 91.0 cm³/mol. The van der Waals surface area contributed by atoms with E-state index < -0.39 is 11.9 Å². The lowest BCUT2D eigenvalue weighted by Gasteiger charge is -2.11. The Morgan fingerprint density at radius 3 is 2.22 bits per heavy atom. The van der Waals surface area contributed by atoms with Crippen molar-refractivity contribution in [2.45, 2.75) is 20.8 Å². The molecule has 0 bridgehead atoms. The molecule has 0 saturated heterocycles. The second kappa shape index (κ2) is 6.96. The van der Waals surface area contributed by atoms with Gasteiger partial charge in [0.2, 0.25) is 0 Å². The van der Waals surface area contributed by atoms with E-state index in [0.717, 1.165) is 27.9 Å². The number of benzene rings is 2. The lowest BCUT2D eigenvalue weighted by atomic mass is 10.00. The molecule has 2 aromatic carbocycles. The molecule has 0 atom stereocenters. The largest absolute Gasteiger partial charge is 0.459 e. The summed E-state index contributed by atoms with van der Waals surface area (Å²) in [7, 11) is 0. The van der Waals surface area contributed by atoms with E-state index in [4.69, 9.17) is 5.73 Å². The third kappa shape index (κ3) is 3.88. The summed E-state index contributed by atoms with van der Waals surface area (Å²) in [6.45, 7) is 5.65. The van der Waals surface area contributed by atoms with Crippen LogP contribution in [0.15, 0.2) is 36.4 Å². The summed E-state index contributed by atoms with van der Waals surface area (Å²) in [5, 5.41) is 2.56. The Balaban J connectivity index is 2.22. The van der Waals surface area contributed by atoms with E-state index in [1.165, 1.54) is 0 Å². The van der Waals surface area contributed by atoms with Crippen molar-refractivity contribution in [3.8, 4) is 11.1 Å². The highest BCUT2D eigenvalue weighted by Crippen LogP contribution is 2.27. The number of anilines is 2. The molecule has 0 spiro atoms. The van der Waals surface area contributed by atoms with Crippen LogP contribution in [-0.2, 0) is 14.3 Å². The van der Waals surface area contributed by atoms with Crippen LogP contribution in [0.1, 0.15) is 18.1 Å². The summed E-state index contributed by atoms with van der Waals surface area (Å²) in [4.78, 5) is 23.1. The van der Waals surface area contributed by atoms with Gasteiger partial charge in [0.05, 0.1) is 6.61 Å². The van der Waals surface area contributed by atoms with E-state index >= 15 is 0 Å². The van der Waals surface area contributed by atoms with Crippen LogP contribution >= 0.6 is 0 Å². The summed E-state index contributed by atoms with van der Waals surface area (Å²) in [5.41, 5.74) is 11.1. The van der Waals surface area contributed by atoms with Gasteiger partial charge in [-0.2, -0.15) is 0 Å². The van der Waals surface area contributed by atoms with Gasteiger partial charge in [0.25, 0.3) is 0 Å². The number of nitrogen functional groups attached to an aromatic ring is 1. The van der Waals surface area contributed by atoms with E-state index in [0.29, 0.717) is 5.69 Å².